The van der Waals surface area contributed by atoms with Crippen LogP contribution in [0.3, 0.4) is 0 Å². The number of hydrogen-bond donors (Lipinski definition) is 0. The Labute approximate surface area is 169 Å². The van der Waals surface area contributed by atoms with E-state index in [-0.39, 0.29) is 16.1 Å². The highest BCUT2D eigenvalue weighted by Crippen LogP contribution is 2.28. The van der Waals surface area contributed by atoms with Gasteiger partial charge >= 0.3 is 0 Å². The minimum atomic E-state index is -4.19. The summed E-state index contributed by atoms with van der Waals surface area (Å²) >= 11 is 0. The molecule has 0 saturated heterocycles. The molecule has 1 amide bonds. The van der Waals surface area contributed by atoms with Gasteiger partial charge in [-0.05, 0) is 67.6 Å². The molecular formula is C21H20N2O5S. The van der Waals surface area contributed by atoms with Gasteiger partial charge < -0.3 is 9.47 Å². The number of carbonyl (C=O) groups excluding carboxylic acids is 1. The molecule has 150 valence electrons. The normalized spacial score (nSPS) is 11.0. The van der Waals surface area contributed by atoms with E-state index < -0.39 is 15.9 Å². The van der Waals surface area contributed by atoms with Crippen LogP contribution in [-0.2, 0) is 10.0 Å². The quantitative estimate of drug-likeness (QED) is 0.590. The van der Waals surface area contributed by atoms with Crippen LogP contribution in [0.25, 0.3) is 0 Å². The van der Waals surface area contributed by atoms with Gasteiger partial charge in [0.25, 0.3) is 15.9 Å². The number of nitrogens with zero attached hydrogens (tertiary/aromatic N) is 2. The summed E-state index contributed by atoms with van der Waals surface area (Å²) in [5, 5.41) is 0. The highest BCUT2D eigenvalue weighted by molar-refractivity contribution is 7.93. The molecule has 8 heteroatoms. The third-order valence-corrected chi connectivity index (χ3v) is 5.80. The summed E-state index contributed by atoms with van der Waals surface area (Å²) in [5.41, 5.74) is 0.339. The van der Waals surface area contributed by atoms with Crippen molar-refractivity contribution in [2.45, 2.75) is 11.8 Å². The highest BCUT2D eigenvalue weighted by Gasteiger charge is 2.32. The van der Waals surface area contributed by atoms with Gasteiger partial charge in [0.2, 0.25) is 0 Å². The molecule has 3 rings (SSSR count). The van der Waals surface area contributed by atoms with Gasteiger partial charge in [-0.1, -0.05) is 0 Å². The van der Waals surface area contributed by atoms with Crippen LogP contribution in [0.1, 0.15) is 17.3 Å². The van der Waals surface area contributed by atoms with Crippen molar-refractivity contribution in [1.82, 2.24) is 4.98 Å². The van der Waals surface area contributed by atoms with Gasteiger partial charge in [0.05, 0.1) is 29.9 Å². The molecule has 0 radical (unpaired) electrons. The fourth-order valence-corrected chi connectivity index (χ4v) is 4.08. The van der Waals surface area contributed by atoms with Crippen LogP contribution in [0.15, 0.2) is 78.0 Å². The molecule has 0 aliphatic heterocycles. The zero-order chi connectivity index (χ0) is 20.9. The van der Waals surface area contributed by atoms with Crippen LogP contribution in [0.4, 0.5) is 5.69 Å². The first kappa shape index (κ1) is 20.3. The zero-order valence-corrected chi connectivity index (χ0v) is 16.8. The van der Waals surface area contributed by atoms with E-state index >= 15 is 0 Å². The van der Waals surface area contributed by atoms with Crippen molar-refractivity contribution in [1.29, 1.82) is 0 Å². The lowest BCUT2D eigenvalue weighted by atomic mass is 10.2. The van der Waals surface area contributed by atoms with Crippen LogP contribution in [0.2, 0.25) is 0 Å². The number of hydrogen-bond acceptors (Lipinski definition) is 6. The van der Waals surface area contributed by atoms with Crippen LogP contribution in [0, 0.1) is 0 Å². The molecule has 7 nitrogen and oxygen atoms in total. The third kappa shape index (κ3) is 4.38. The van der Waals surface area contributed by atoms with Crippen LogP contribution in [0.5, 0.6) is 11.5 Å². The predicted octanol–water partition coefficient (Wildman–Crippen LogP) is 3.52. The summed E-state index contributed by atoms with van der Waals surface area (Å²) in [5.74, 6) is 0.374. The molecule has 1 aromatic heterocycles. The zero-order valence-electron chi connectivity index (χ0n) is 16.0. The molecule has 29 heavy (non-hydrogen) atoms. The van der Waals surface area contributed by atoms with E-state index in [1.54, 1.807) is 30.3 Å². The highest BCUT2D eigenvalue weighted by atomic mass is 32.2. The second-order valence-corrected chi connectivity index (χ2v) is 7.71. The Hall–Kier alpha value is -3.39. The van der Waals surface area contributed by atoms with Crippen LogP contribution in [-0.4, -0.2) is 33.0 Å². The topological polar surface area (TPSA) is 85.8 Å². The van der Waals surface area contributed by atoms with Gasteiger partial charge in [0.1, 0.15) is 11.5 Å². The number of amides is 1. The molecule has 0 aliphatic carbocycles. The molecule has 1 heterocycles. The average Bonchev–Trinajstić information content (AvgIpc) is 2.75. The van der Waals surface area contributed by atoms with E-state index in [9.17, 15) is 13.2 Å². The lowest BCUT2D eigenvalue weighted by Gasteiger charge is -2.23. The number of ether oxygens (including phenoxy) is 2. The smallest absolute Gasteiger partial charge is 0.273 e. The molecule has 0 unspecified atom stereocenters. The monoisotopic (exact) mass is 412 g/mol. The minimum Gasteiger partial charge on any atom is -0.497 e. The van der Waals surface area contributed by atoms with Gasteiger partial charge in [0, 0.05) is 12.4 Å². The molecule has 0 spiro atoms. The Morgan fingerprint density at radius 2 is 1.66 bits per heavy atom. The van der Waals surface area contributed by atoms with Gasteiger partial charge in [-0.15, -0.1) is 0 Å². The van der Waals surface area contributed by atoms with Crippen molar-refractivity contribution in [2.75, 3.05) is 18.0 Å². The first-order valence-electron chi connectivity index (χ1n) is 8.84. The van der Waals surface area contributed by atoms with Crippen molar-refractivity contribution in [2.24, 2.45) is 0 Å². The lowest BCUT2D eigenvalue weighted by Crippen LogP contribution is -2.37. The molecule has 3 aromatic rings. The Kier molecular flexibility index (Phi) is 6.13. The van der Waals surface area contributed by atoms with E-state index in [1.807, 2.05) is 6.92 Å². The van der Waals surface area contributed by atoms with Crippen molar-refractivity contribution >= 4 is 21.6 Å². The summed E-state index contributed by atoms with van der Waals surface area (Å²) in [7, 11) is -2.69. The molecule has 0 saturated carbocycles. The lowest BCUT2D eigenvalue weighted by molar-refractivity contribution is 0.100. The van der Waals surface area contributed by atoms with E-state index in [1.165, 1.54) is 49.8 Å². The first-order chi connectivity index (χ1) is 14.0. The molecular weight excluding hydrogens is 392 g/mol. The molecule has 0 aliphatic rings. The molecule has 0 atom stereocenters. The fourth-order valence-electron chi connectivity index (χ4n) is 2.67. The Morgan fingerprint density at radius 3 is 2.21 bits per heavy atom. The standard InChI is InChI=1S/C21H20N2O5S/c1-3-28-19-10-12-20(13-11-19)29(25,26)23(17-6-8-18(27-2)9-7-17)21(24)16-5-4-14-22-15-16/h4-15H,3H2,1-2H3. The number of aromatic nitrogens is 1. The Balaban J connectivity index is 2.08. The van der Waals surface area contributed by atoms with Gasteiger partial charge in [-0.25, -0.2) is 8.42 Å². The second kappa shape index (κ2) is 8.74. The van der Waals surface area contributed by atoms with Crippen molar-refractivity contribution < 1.29 is 22.7 Å². The van der Waals surface area contributed by atoms with E-state index in [0.29, 0.717) is 18.1 Å². The van der Waals surface area contributed by atoms with Crippen molar-refractivity contribution in [3.8, 4) is 11.5 Å². The second-order valence-electron chi connectivity index (χ2n) is 5.92. The SMILES string of the molecule is CCOc1ccc(S(=O)(=O)N(C(=O)c2cccnc2)c2ccc(OC)cc2)cc1. The number of anilines is 1. The summed E-state index contributed by atoms with van der Waals surface area (Å²) < 4.78 is 38.0. The maximum absolute atomic E-state index is 13.4. The summed E-state index contributed by atoms with van der Waals surface area (Å²) in [6.07, 6.45) is 2.84. The van der Waals surface area contributed by atoms with Crippen molar-refractivity contribution in [3.05, 3.63) is 78.6 Å². The fraction of sp³-hybridized carbons (Fsp3) is 0.143. The van der Waals surface area contributed by atoms with Crippen LogP contribution >= 0.6 is 0 Å². The maximum Gasteiger partial charge on any atom is 0.273 e. The number of carbonyl (C=O) groups is 1. The largest absolute Gasteiger partial charge is 0.497 e. The van der Waals surface area contributed by atoms with Crippen LogP contribution < -0.4 is 13.8 Å². The number of rotatable bonds is 7. The number of methoxy groups -OCH3 is 1. The summed E-state index contributed by atoms with van der Waals surface area (Å²) in [6.45, 7) is 2.30. The first-order valence-corrected chi connectivity index (χ1v) is 10.3. The maximum atomic E-state index is 13.4. The molecule has 0 fully saturated rings. The van der Waals surface area contributed by atoms with Crippen molar-refractivity contribution in [3.63, 3.8) is 0 Å². The van der Waals surface area contributed by atoms with Gasteiger partial charge in [0.15, 0.2) is 0 Å². The van der Waals surface area contributed by atoms with Gasteiger partial charge in [-0.2, -0.15) is 4.31 Å². The summed E-state index contributed by atoms with van der Waals surface area (Å²) in [4.78, 5) is 17.0. The summed E-state index contributed by atoms with van der Waals surface area (Å²) in [6, 6.07) is 15.2. The molecule has 0 N–H and O–H groups in total. The molecule has 0 bridgehead atoms. The minimum absolute atomic E-state index is 0.0333. The van der Waals surface area contributed by atoms with E-state index in [2.05, 4.69) is 4.98 Å². The number of pyridine rings is 1. The predicted molar refractivity (Wildman–Crippen MR) is 109 cm³/mol. The molecule has 2 aromatic carbocycles. The van der Waals surface area contributed by atoms with E-state index in [0.717, 1.165) is 4.31 Å². The van der Waals surface area contributed by atoms with E-state index in [4.69, 9.17) is 9.47 Å². The average molecular weight is 412 g/mol. The third-order valence-electron chi connectivity index (χ3n) is 4.07. The number of benzene rings is 2. The Bertz CT molecular complexity index is 1070. The Morgan fingerprint density at radius 1 is 1.00 bits per heavy atom. The van der Waals surface area contributed by atoms with Gasteiger partial charge in [-0.3, -0.25) is 9.78 Å². The number of sulfonamides is 1.